The Hall–Kier alpha value is -1.65. The highest BCUT2D eigenvalue weighted by atomic mass is 32.2. The second-order valence-corrected chi connectivity index (χ2v) is 6.98. The number of amides is 1. The Balaban J connectivity index is 2.15. The number of carbonyl (C=O) groups excluding carboxylic acids is 1. The lowest BCUT2D eigenvalue weighted by molar-refractivity contribution is -0.00678. The first-order valence-corrected chi connectivity index (χ1v) is 7.91. The zero-order chi connectivity index (χ0) is 17.2. The largest absolute Gasteiger partial charge is 0.444 e. The molecule has 0 radical (unpaired) electrons. The Labute approximate surface area is 136 Å². The zero-order valence-corrected chi connectivity index (χ0v) is 13.7. The fourth-order valence-electron chi connectivity index (χ4n) is 1.82. The second kappa shape index (κ2) is 6.85. The Bertz CT molecular complexity index is 645. The molecule has 1 fully saturated rings. The van der Waals surface area contributed by atoms with Crippen molar-refractivity contribution in [1.29, 1.82) is 0 Å². The number of anilines is 1. The van der Waals surface area contributed by atoms with Crippen LogP contribution >= 0.6 is 11.8 Å². The molecule has 1 amide bonds. The molecule has 0 aliphatic carbocycles. The van der Waals surface area contributed by atoms with E-state index in [0.29, 0.717) is 5.75 Å². The number of aliphatic hydroxyl groups excluding tert-OH is 1. The summed E-state index contributed by atoms with van der Waals surface area (Å²) in [6.45, 7) is 4.76. The maximum absolute atomic E-state index is 14.1. The highest BCUT2D eigenvalue weighted by Crippen LogP contribution is 2.30. The number of rotatable bonds is 3. The number of aromatic nitrogens is 2. The van der Waals surface area contributed by atoms with Crippen LogP contribution in [0.1, 0.15) is 27.0 Å². The summed E-state index contributed by atoms with van der Waals surface area (Å²) in [7, 11) is 0. The number of aliphatic hydroxyl groups is 1. The predicted octanol–water partition coefficient (Wildman–Crippen LogP) is 1.31. The molecule has 1 aliphatic rings. The highest BCUT2D eigenvalue weighted by molar-refractivity contribution is 8.00. The average molecular weight is 347 g/mol. The molecular formula is C13H18FN3O5S. The van der Waals surface area contributed by atoms with Gasteiger partial charge in [-0.15, -0.1) is 11.8 Å². The summed E-state index contributed by atoms with van der Waals surface area (Å²) in [5.41, 5.74) is -2.00. The van der Waals surface area contributed by atoms with Crippen LogP contribution in [0.5, 0.6) is 0 Å². The van der Waals surface area contributed by atoms with Gasteiger partial charge < -0.3 is 14.6 Å². The lowest BCUT2D eigenvalue weighted by atomic mass is 10.2. The lowest BCUT2D eigenvalue weighted by Crippen LogP contribution is -2.32. The Morgan fingerprint density at radius 1 is 1.65 bits per heavy atom. The standard InChI is InChI=1S/C13H18FN3O5S/c1-13(2,3)22-12(20)16-10-7(14)4-17(11(19)15-10)8-6-23-9(5-18)21-8/h4,8-9,18H,5-6H2,1-3H3,(H,15,16,19,20)/t8-,9+/m0/s1. The summed E-state index contributed by atoms with van der Waals surface area (Å²) in [5.74, 6) is -1.02. The van der Waals surface area contributed by atoms with Gasteiger partial charge >= 0.3 is 11.8 Å². The van der Waals surface area contributed by atoms with Crippen LogP contribution in [0.4, 0.5) is 15.0 Å². The van der Waals surface area contributed by atoms with Gasteiger partial charge in [0, 0.05) is 5.75 Å². The summed E-state index contributed by atoms with van der Waals surface area (Å²) in [4.78, 5) is 27.1. The molecule has 8 nitrogen and oxygen atoms in total. The van der Waals surface area contributed by atoms with E-state index in [0.717, 1.165) is 10.8 Å². The zero-order valence-electron chi connectivity index (χ0n) is 12.9. The van der Waals surface area contributed by atoms with Crippen LogP contribution in [-0.4, -0.2) is 44.1 Å². The van der Waals surface area contributed by atoms with Crippen molar-refractivity contribution in [3.8, 4) is 0 Å². The van der Waals surface area contributed by atoms with Gasteiger partial charge in [0.25, 0.3) is 0 Å². The van der Waals surface area contributed by atoms with Crippen molar-refractivity contribution < 1.29 is 23.8 Å². The number of hydrogen-bond donors (Lipinski definition) is 2. The van der Waals surface area contributed by atoms with E-state index in [1.165, 1.54) is 11.8 Å². The number of halogens is 1. The van der Waals surface area contributed by atoms with Crippen molar-refractivity contribution >= 4 is 23.7 Å². The number of hydrogen-bond acceptors (Lipinski definition) is 7. The normalized spacial score (nSPS) is 21.3. The number of thioether (sulfide) groups is 1. The van der Waals surface area contributed by atoms with Gasteiger partial charge in [0.15, 0.2) is 11.6 Å². The second-order valence-electron chi connectivity index (χ2n) is 5.79. The van der Waals surface area contributed by atoms with Crippen LogP contribution in [0.25, 0.3) is 0 Å². The summed E-state index contributed by atoms with van der Waals surface area (Å²) in [6, 6.07) is 0. The van der Waals surface area contributed by atoms with E-state index >= 15 is 0 Å². The molecule has 0 bridgehead atoms. The van der Waals surface area contributed by atoms with Crippen molar-refractivity contribution in [1.82, 2.24) is 9.55 Å². The van der Waals surface area contributed by atoms with Gasteiger partial charge in [-0.25, -0.2) is 14.0 Å². The Kier molecular flexibility index (Phi) is 5.27. The molecule has 2 heterocycles. The molecule has 0 spiro atoms. The Morgan fingerprint density at radius 3 is 2.91 bits per heavy atom. The van der Waals surface area contributed by atoms with E-state index in [2.05, 4.69) is 10.3 Å². The predicted molar refractivity (Wildman–Crippen MR) is 81.8 cm³/mol. The smallest absolute Gasteiger partial charge is 0.413 e. The molecular weight excluding hydrogens is 329 g/mol. The van der Waals surface area contributed by atoms with E-state index in [1.807, 2.05) is 0 Å². The van der Waals surface area contributed by atoms with Gasteiger partial charge in [0.2, 0.25) is 0 Å². The number of carbonyl (C=O) groups is 1. The SMILES string of the molecule is CC(C)(C)OC(=O)Nc1nc(=O)n([C@@H]2CS[C@H](CO)O2)cc1F. The number of nitrogens with zero attached hydrogens (tertiary/aromatic N) is 2. The molecule has 23 heavy (non-hydrogen) atoms. The number of ether oxygens (including phenoxy) is 2. The van der Waals surface area contributed by atoms with E-state index in [4.69, 9.17) is 14.6 Å². The minimum Gasteiger partial charge on any atom is -0.444 e. The maximum atomic E-state index is 14.1. The highest BCUT2D eigenvalue weighted by Gasteiger charge is 2.28. The molecule has 0 saturated carbocycles. The third kappa shape index (κ3) is 4.66. The molecule has 10 heteroatoms. The van der Waals surface area contributed by atoms with Gasteiger partial charge in [0.1, 0.15) is 17.3 Å². The first-order chi connectivity index (χ1) is 10.7. The van der Waals surface area contributed by atoms with Crippen LogP contribution in [0.15, 0.2) is 11.0 Å². The molecule has 1 aromatic rings. The van der Waals surface area contributed by atoms with Gasteiger partial charge in [-0.3, -0.25) is 9.88 Å². The Morgan fingerprint density at radius 2 is 2.35 bits per heavy atom. The van der Waals surface area contributed by atoms with Crippen molar-refractivity contribution in [3.63, 3.8) is 0 Å². The monoisotopic (exact) mass is 347 g/mol. The molecule has 2 atom stereocenters. The maximum Gasteiger partial charge on any atom is 0.413 e. The summed E-state index contributed by atoms with van der Waals surface area (Å²) in [5, 5.41) is 11.1. The molecule has 1 aliphatic heterocycles. The average Bonchev–Trinajstić information content (AvgIpc) is 2.89. The first-order valence-electron chi connectivity index (χ1n) is 6.86. The summed E-state index contributed by atoms with van der Waals surface area (Å²) < 4.78 is 25.4. The van der Waals surface area contributed by atoms with Crippen LogP contribution in [-0.2, 0) is 9.47 Å². The van der Waals surface area contributed by atoms with Crippen LogP contribution < -0.4 is 11.0 Å². The quantitative estimate of drug-likeness (QED) is 0.850. The van der Waals surface area contributed by atoms with Crippen molar-refractivity contribution in [2.45, 2.75) is 38.0 Å². The summed E-state index contributed by atoms with van der Waals surface area (Å²) >= 11 is 1.31. The van der Waals surface area contributed by atoms with Crippen LogP contribution in [0.2, 0.25) is 0 Å². The fourth-order valence-corrected chi connectivity index (χ4v) is 2.76. The van der Waals surface area contributed by atoms with Crippen LogP contribution in [0, 0.1) is 5.82 Å². The van der Waals surface area contributed by atoms with Crippen molar-refractivity contribution in [2.24, 2.45) is 0 Å². The minimum absolute atomic E-state index is 0.204. The van der Waals surface area contributed by atoms with Gasteiger partial charge in [-0.05, 0) is 20.8 Å². The van der Waals surface area contributed by atoms with E-state index in [9.17, 15) is 14.0 Å². The lowest BCUT2D eigenvalue weighted by Gasteiger charge is -2.19. The molecule has 1 saturated heterocycles. The first kappa shape index (κ1) is 17.7. The molecule has 0 aromatic carbocycles. The van der Waals surface area contributed by atoms with Gasteiger partial charge in [-0.2, -0.15) is 4.98 Å². The van der Waals surface area contributed by atoms with E-state index in [-0.39, 0.29) is 6.61 Å². The third-order valence-corrected chi connectivity index (χ3v) is 3.83. The molecule has 1 aromatic heterocycles. The molecule has 2 rings (SSSR count). The fraction of sp³-hybridized carbons (Fsp3) is 0.615. The van der Waals surface area contributed by atoms with Gasteiger partial charge in [-0.1, -0.05) is 0 Å². The topological polar surface area (TPSA) is 103 Å². The van der Waals surface area contributed by atoms with Gasteiger partial charge in [0.05, 0.1) is 12.8 Å². The van der Waals surface area contributed by atoms with Crippen molar-refractivity contribution in [2.75, 3.05) is 17.7 Å². The molecule has 2 N–H and O–H groups in total. The third-order valence-electron chi connectivity index (χ3n) is 2.72. The van der Waals surface area contributed by atoms with Crippen LogP contribution in [0.3, 0.4) is 0 Å². The molecule has 128 valence electrons. The van der Waals surface area contributed by atoms with E-state index in [1.54, 1.807) is 20.8 Å². The minimum atomic E-state index is -0.908. The van der Waals surface area contributed by atoms with Crippen molar-refractivity contribution in [3.05, 3.63) is 22.5 Å². The summed E-state index contributed by atoms with van der Waals surface area (Å²) in [6.07, 6.45) is -0.719. The number of nitrogens with one attached hydrogen (secondary N) is 1. The molecule has 0 unspecified atom stereocenters. The van der Waals surface area contributed by atoms with E-state index < -0.39 is 40.7 Å².